The SMILES string of the molecule is C/C=C/C(=O)N[C@H]1CCCOC1. The molecular weight excluding hydrogens is 154 g/mol. The summed E-state index contributed by atoms with van der Waals surface area (Å²) in [4.78, 5) is 11.1. The van der Waals surface area contributed by atoms with Crippen LogP contribution in [-0.2, 0) is 9.53 Å². The van der Waals surface area contributed by atoms with Gasteiger partial charge in [-0.2, -0.15) is 0 Å². The molecule has 0 bridgehead atoms. The van der Waals surface area contributed by atoms with E-state index in [-0.39, 0.29) is 11.9 Å². The fourth-order valence-corrected chi connectivity index (χ4v) is 1.26. The van der Waals surface area contributed by atoms with Gasteiger partial charge >= 0.3 is 0 Å². The quantitative estimate of drug-likeness (QED) is 0.622. The van der Waals surface area contributed by atoms with Crippen molar-refractivity contribution >= 4 is 5.91 Å². The Hall–Kier alpha value is -0.830. The Morgan fingerprint density at radius 3 is 3.08 bits per heavy atom. The van der Waals surface area contributed by atoms with Gasteiger partial charge in [0, 0.05) is 6.61 Å². The monoisotopic (exact) mass is 169 g/mol. The molecule has 1 saturated heterocycles. The van der Waals surface area contributed by atoms with Crippen LogP contribution in [0.2, 0.25) is 0 Å². The van der Waals surface area contributed by atoms with Crippen LogP contribution in [0.15, 0.2) is 12.2 Å². The zero-order chi connectivity index (χ0) is 8.81. The average molecular weight is 169 g/mol. The lowest BCUT2D eigenvalue weighted by molar-refractivity contribution is -0.118. The van der Waals surface area contributed by atoms with E-state index in [0.717, 1.165) is 19.4 Å². The highest BCUT2D eigenvalue weighted by Crippen LogP contribution is 2.05. The van der Waals surface area contributed by atoms with Gasteiger partial charge in [0.2, 0.25) is 5.91 Å². The molecule has 0 aromatic carbocycles. The topological polar surface area (TPSA) is 38.3 Å². The van der Waals surface area contributed by atoms with E-state index in [1.807, 2.05) is 6.92 Å². The molecule has 0 aliphatic carbocycles. The number of amides is 1. The maximum atomic E-state index is 11.1. The smallest absolute Gasteiger partial charge is 0.243 e. The second kappa shape index (κ2) is 4.93. The summed E-state index contributed by atoms with van der Waals surface area (Å²) in [6.45, 7) is 3.32. The van der Waals surface area contributed by atoms with E-state index in [1.54, 1.807) is 6.08 Å². The van der Waals surface area contributed by atoms with Crippen molar-refractivity contribution < 1.29 is 9.53 Å². The summed E-state index contributed by atoms with van der Waals surface area (Å²) in [5, 5.41) is 2.87. The molecule has 0 aromatic heterocycles. The second-order valence-corrected chi connectivity index (χ2v) is 2.92. The number of hydrogen-bond acceptors (Lipinski definition) is 2. The highest BCUT2D eigenvalue weighted by Gasteiger charge is 2.14. The Bertz CT molecular complexity index is 171. The number of allylic oxidation sites excluding steroid dienone is 1. The van der Waals surface area contributed by atoms with Crippen molar-refractivity contribution in [3.8, 4) is 0 Å². The van der Waals surface area contributed by atoms with Crippen LogP contribution in [0.4, 0.5) is 0 Å². The minimum Gasteiger partial charge on any atom is -0.379 e. The van der Waals surface area contributed by atoms with Crippen molar-refractivity contribution in [1.29, 1.82) is 0 Å². The van der Waals surface area contributed by atoms with E-state index in [1.165, 1.54) is 6.08 Å². The number of ether oxygens (including phenoxy) is 1. The van der Waals surface area contributed by atoms with Gasteiger partial charge in [-0.15, -0.1) is 0 Å². The van der Waals surface area contributed by atoms with E-state index in [9.17, 15) is 4.79 Å². The molecule has 1 aliphatic rings. The highest BCUT2D eigenvalue weighted by molar-refractivity contribution is 5.87. The van der Waals surface area contributed by atoms with Gasteiger partial charge in [0.05, 0.1) is 12.6 Å². The Morgan fingerprint density at radius 2 is 2.50 bits per heavy atom. The lowest BCUT2D eigenvalue weighted by atomic mass is 10.1. The van der Waals surface area contributed by atoms with Crippen molar-refractivity contribution in [3.05, 3.63) is 12.2 Å². The summed E-state index contributed by atoms with van der Waals surface area (Å²) >= 11 is 0. The van der Waals surface area contributed by atoms with Crippen molar-refractivity contribution in [2.75, 3.05) is 13.2 Å². The van der Waals surface area contributed by atoms with Crippen LogP contribution in [-0.4, -0.2) is 25.2 Å². The summed E-state index contributed by atoms with van der Waals surface area (Å²) in [6, 6.07) is 0.211. The largest absolute Gasteiger partial charge is 0.379 e. The van der Waals surface area contributed by atoms with Crippen LogP contribution in [0, 0.1) is 0 Å². The third-order valence-electron chi connectivity index (χ3n) is 1.82. The maximum absolute atomic E-state index is 11.1. The zero-order valence-corrected chi connectivity index (χ0v) is 7.38. The fourth-order valence-electron chi connectivity index (χ4n) is 1.26. The summed E-state index contributed by atoms with van der Waals surface area (Å²) in [6.07, 6.45) is 5.34. The van der Waals surface area contributed by atoms with Gasteiger partial charge < -0.3 is 10.1 Å². The Kier molecular flexibility index (Phi) is 3.80. The van der Waals surface area contributed by atoms with E-state index >= 15 is 0 Å². The zero-order valence-electron chi connectivity index (χ0n) is 7.38. The minimum atomic E-state index is -0.0204. The van der Waals surface area contributed by atoms with Crippen LogP contribution in [0.5, 0.6) is 0 Å². The first-order chi connectivity index (χ1) is 5.83. The van der Waals surface area contributed by atoms with Crippen molar-refractivity contribution in [1.82, 2.24) is 5.32 Å². The van der Waals surface area contributed by atoms with Gasteiger partial charge in [0.15, 0.2) is 0 Å². The number of nitrogens with one attached hydrogen (secondary N) is 1. The molecule has 68 valence electrons. The molecule has 1 heterocycles. The number of rotatable bonds is 2. The first kappa shape index (κ1) is 9.26. The third kappa shape index (κ3) is 3.05. The lowest BCUT2D eigenvalue weighted by Crippen LogP contribution is -2.39. The molecule has 1 amide bonds. The molecular formula is C9H15NO2. The predicted octanol–water partition coefficient (Wildman–Crippen LogP) is 0.858. The fraction of sp³-hybridized carbons (Fsp3) is 0.667. The maximum Gasteiger partial charge on any atom is 0.243 e. The van der Waals surface area contributed by atoms with Crippen LogP contribution >= 0.6 is 0 Å². The van der Waals surface area contributed by atoms with E-state index < -0.39 is 0 Å². The van der Waals surface area contributed by atoms with Crippen LogP contribution in [0.25, 0.3) is 0 Å². The highest BCUT2D eigenvalue weighted by atomic mass is 16.5. The molecule has 0 unspecified atom stereocenters. The molecule has 0 spiro atoms. The van der Waals surface area contributed by atoms with Gasteiger partial charge in [-0.1, -0.05) is 6.08 Å². The van der Waals surface area contributed by atoms with E-state index in [2.05, 4.69) is 5.32 Å². The number of hydrogen-bond donors (Lipinski definition) is 1. The molecule has 1 atom stereocenters. The van der Waals surface area contributed by atoms with E-state index in [4.69, 9.17) is 4.74 Å². The van der Waals surface area contributed by atoms with Gasteiger partial charge in [0.25, 0.3) is 0 Å². The predicted molar refractivity (Wildman–Crippen MR) is 46.8 cm³/mol. The van der Waals surface area contributed by atoms with Gasteiger partial charge in [0.1, 0.15) is 0 Å². The standard InChI is InChI=1S/C9H15NO2/c1-2-4-9(11)10-8-5-3-6-12-7-8/h2,4,8H,3,5-7H2,1H3,(H,10,11)/b4-2+/t8-/m0/s1. The Morgan fingerprint density at radius 1 is 1.67 bits per heavy atom. The van der Waals surface area contributed by atoms with Crippen LogP contribution < -0.4 is 5.32 Å². The molecule has 1 N–H and O–H groups in total. The first-order valence-corrected chi connectivity index (χ1v) is 4.34. The summed E-state index contributed by atoms with van der Waals surface area (Å²) in [7, 11) is 0. The Balaban J connectivity index is 2.24. The first-order valence-electron chi connectivity index (χ1n) is 4.34. The second-order valence-electron chi connectivity index (χ2n) is 2.92. The average Bonchev–Trinajstić information content (AvgIpc) is 2.06. The number of carbonyl (C=O) groups excluding carboxylic acids is 1. The molecule has 1 aliphatic heterocycles. The summed E-state index contributed by atoms with van der Waals surface area (Å²) < 4.78 is 5.22. The summed E-state index contributed by atoms with van der Waals surface area (Å²) in [5.74, 6) is -0.0204. The molecule has 12 heavy (non-hydrogen) atoms. The minimum absolute atomic E-state index is 0.0204. The van der Waals surface area contributed by atoms with Gasteiger partial charge in [-0.05, 0) is 25.8 Å². The van der Waals surface area contributed by atoms with Gasteiger partial charge in [-0.25, -0.2) is 0 Å². The molecule has 1 rings (SSSR count). The molecule has 3 nitrogen and oxygen atoms in total. The normalized spacial score (nSPS) is 24.2. The molecule has 0 radical (unpaired) electrons. The number of carbonyl (C=O) groups is 1. The third-order valence-corrected chi connectivity index (χ3v) is 1.82. The molecule has 3 heteroatoms. The van der Waals surface area contributed by atoms with Crippen LogP contribution in [0.1, 0.15) is 19.8 Å². The van der Waals surface area contributed by atoms with Crippen molar-refractivity contribution in [2.24, 2.45) is 0 Å². The molecule has 1 fully saturated rings. The lowest BCUT2D eigenvalue weighted by Gasteiger charge is -2.22. The van der Waals surface area contributed by atoms with Crippen LogP contribution in [0.3, 0.4) is 0 Å². The van der Waals surface area contributed by atoms with Crippen molar-refractivity contribution in [3.63, 3.8) is 0 Å². The van der Waals surface area contributed by atoms with Crippen molar-refractivity contribution in [2.45, 2.75) is 25.8 Å². The van der Waals surface area contributed by atoms with Gasteiger partial charge in [-0.3, -0.25) is 4.79 Å². The molecule has 0 saturated carbocycles. The summed E-state index contributed by atoms with van der Waals surface area (Å²) in [5.41, 5.74) is 0. The Labute approximate surface area is 72.8 Å². The molecule has 0 aromatic rings. The van der Waals surface area contributed by atoms with E-state index in [0.29, 0.717) is 6.61 Å².